The maximum absolute atomic E-state index is 14.6. The number of hydrogen-bond donors (Lipinski definition) is 4. The number of aromatic hydroxyl groups is 1. The number of nitrogens with one attached hydrogen (secondary N) is 2. The molecule has 16 heteroatoms. The fourth-order valence-electron chi connectivity index (χ4n) is 3.87. The van der Waals surface area contributed by atoms with Crippen molar-refractivity contribution in [1.29, 1.82) is 0 Å². The first kappa shape index (κ1) is 30.1. The molecule has 0 saturated carbocycles. The van der Waals surface area contributed by atoms with Crippen LogP contribution in [0.25, 0.3) is 11.2 Å². The lowest BCUT2D eigenvalue weighted by Gasteiger charge is -2.16. The number of nitrogens with two attached hydrogens (primary N) is 1. The van der Waals surface area contributed by atoms with E-state index in [0.717, 1.165) is 10.9 Å². The number of carbonyl (C=O) groups excluding carboxylic acids is 1. The van der Waals surface area contributed by atoms with Gasteiger partial charge >= 0.3 is 10.2 Å². The number of imidazole rings is 1. The van der Waals surface area contributed by atoms with E-state index in [0.29, 0.717) is 0 Å². The first-order chi connectivity index (χ1) is 18.5. The molecule has 0 radical (unpaired) electrons. The van der Waals surface area contributed by atoms with Crippen molar-refractivity contribution in [3.63, 3.8) is 0 Å². The normalized spacial score (nSPS) is 21.1. The molecule has 4 rings (SSSR count). The molecule has 5 N–H and O–H groups in total. The van der Waals surface area contributed by atoms with Gasteiger partial charge in [0.05, 0.1) is 11.9 Å². The Morgan fingerprint density at radius 3 is 2.41 bits per heavy atom. The summed E-state index contributed by atoms with van der Waals surface area (Å²) >= 11 is 0. The number of hydrogen-bond acceptors (Lipinski definition) is 10. The minimum atomic E-state index is -4.47. The molecule has 1 amide bonds. The second-order valence-electron chi connectivity index (χ2n) is 8.46. The van der Waals surface area contributed by atoms with E-state index in [4.69, 9.17) is 10.5 Å². The Kier molecular flexibility index (Phi) is 10.1. The van der Waals surface area contributed by atoms with Gasteiger partial charge in [0.1, 0.15) is 23.7 Å². The predicted molar refractivity (Wildman–Crippen MR) is 139 cm³/mol. The summed E-state index contributed by atoms with van der Waals surface area (Å²) in [5, 5.41) is 9.64. The van der Waals surface area contributed by atoms with Crippen molar-refractivity contribution in [3.05, 3.63) is 42.5 Å². The molecule has 2 aromatic heterocycles. The van der Waals surface area contributed by atoms with Crippen LogP contribution in [0.5, 0.6) is 5.75 Å². The van der Waals surface area contributed by atoms with E-state index in [-0.39, 0.29) is 22.5 Å². The minimum Gasteiger partial charge on any atom is -0.507 e. The summed E-state index contributed by atoms with van der Waals surface area (Å²) in [4.78, 5) is 26.1. The Morgan fingerprint density at radius 2 is 1.79 bits per heavy atom. The molecule has 1 aromatic carbocycles. The Bertz CT molecular complexity index is 1370. The van der Waals surface area contributed by atoms with Crippen molar-refractivity contribution in [2.24, 2.45) is 0 Å². The molecule has 0 bridgehead atoms. The number of phenolic OH excluding ortho intramolecular Hbond substituents is 1. The van der Waals surface area contributed by atoms with E-state index in [1.54, 1.807) is 4.72 Å². The number of amides is 1. The highest BCUT2D eigenvalue weighted by Gasteiger charge is 2.47. The van der Waals surface area contributed by atoms with Crippen molar-refractivity contribution >= 4 is 33.1 Å². The monoisotopic (exact) mass is 570 g/mol. The first-order valence-corrected chi connectivity index (χ1v) is 13.7. The summed E-state index contributed by atoms with van der Waals surface area (Å²) in [5.41, 5.74) is 5.69. The molecule has 13 nitrogen and oxygen atoms in total. The number of aromatic nitrogens is 4. The van der Waals surface area contributed by atoms with Gasteiger partial charge in [-0.25, -0.2) is 28.5 Å². The van der Waals surface area contributed by atoms with Gasteiger partial charge in [0.25, 0.3) is 5.91 Å². The number of phenols is 1. The van der Waals surface area contributed by atoms with E-state index < -0.39 is 53.1 Å². The van der Waals surface area contributed by atoms with E-state index in [9.17, 15) is 27.1 Å². The highest BCUT2D eigenvalue weighted by atomic mass is 32.2. The lowest BCUT2D eigenvalue weighted by Crippen LogP contribution is -2.44. The van der Waals surface area contributed by atoms with Crippen LogP contribution in [0.3, 0.4) is 0 Å². The standard InChI is InChI=1S/C17H17F2N7O5S.C6H15N/c18-11-10(5-24-32(29,30)25-16(28)8-3-1-2-4-9(8)27)31-17(12(11)19)26-7-23-13-14(20)21-6-22-15(13)26;1-4-7(5-2)6-3/h1-4,6-7,10-12,17,24,27H,5H2,(H,25,28)(H2,20,21,22);4-6H2,1-3H3/t10-,11+,12-,17-;/m1./s1. The van der Waals surface area contributed by atoms with Crippen molar-refractivity contribution in [1.82, 2.24) is 33.9 Å². The maximum atomic E-state index is 14.6. The molecule has 0 unspecified atom stereocenters. The molecule has 1 aliphatic heterocycles. The second kappa shape index (κ2) is 13.1. The maximum Gasteiger partial charge on any atom is 0.301 e. The number of ether oxygens (including phenoxy) is 1. The predicted octanol–water partition coefficient (Wildman–Crippen LogP) is 1.30. The summed E-state index contributed by atoms with van der Waals surface area (Å²) in [6.45, 7) is 9.45. The van der Waals surface area contributed by atoms with Crippen LogP contribution in [0.1, 0.15) is 37.4 Å². The lowest BCUT2D eigenvalue weighted by atomic mass is 10.2. The zero-order chi connectivity index (χ0) is 28.7. The molecule has 39 heavy (non-hydrogen) atoms. The molecule has 1 aliphatic rings. The smallest absolute Gasteiger partial charge is 0.301 e. The number of alkyl halides is 2. The highest BCUT2D eigenvalue weighted by Crippen LogP contribution is 2.35. The average molecular weight is 571 g/mol. The van der Waals surface area contributed by atoms with Gasteiger partial charge in [-0.3, -0.25) is 9.36 Å². The summed E-state index contributed by atoms with van der Waals surface area (Å²) < 4.78 is 63.6. The van der Waals surface area contributed by atoms with Gasteiger partial charge < -0.3 is 20.5 Å². The third-order valence-corrected chi connectivity index (χ3v) is 7.10. The van der Waals surface area contributed by atoms with E-state index in [1.807, 2.05) is 4.72 Å². The third-order valence-electron chi connectivity index (χ3n) is 6.10. The Hall–Kier alpha value is -3.47. The Morgan fingerprint density at radius 1 is 1.13 bits per heavy atom. The number of fused-ring (bicyclic) bond motifs is 1. The van der Waals surface area contributed by atoms with E-state index in [2.05, 4.69) is 40.6 Å². The number of halogens is 2. The van der Waals surface area contributed by atoms with Gasteiger partial charge in [-0.05, 0) is 31.8 Å². The Balaban J connectivity index is 0.000000532. The van der Waals surface area contributed by atoms with Crippen LogP contribution in [0.4, 0.5) is 14.6 Å². The zero-order valence-electron chi connectivity index (χ0n) is 21.7. The number of carbonyl (C=O) groups is 1. The summed E-state index contributed by atoms with van der Waals surface area (Å²) in [6.07, 6.45) is -5.04. The molecule has 3 aromatic rings. The number of nitrogens with zero attached hydrogens (tertiary/aromatic N) is 5. The lowest BCUT2D eigenvalue weighted by molar-refractivity contribution is -0.0161. The number of rotatable bonds is 9. The zero-order valence-corrected chi connectivity index (χ0v) is 22.5. The van der Waals surface area contributed by atoms with Gasteiger partial charge in [-0.1, -0.05) is 32.9 Å². The minimum absolute atomic E-state index is 0.0449. The van der Waals surface area contributed by atoms with Crippen LogP contribution in [0, 0.1) is 0 Å². The quantitative estimate of drug-likeness (QED) is 0.293. The number of nitrogen functional groups attached to an aromatic ring is 1. The molecule has 1 fully saturated rings. The van der Waals surface area contributed by atoms with Crippen LogP contribution in [0.15, 0.2) is 36.9 Å². The third kappa shape index (κ3) is 7.14. The molecule has 0 spiro atoms. The number of para-hydroxylation sites is 1. The molecule has 4 atom stereocenters. The first-order valence-electron chi connectivity index (χ1n) is 12.2. The van der Waals surface area contributed by atoms with Crippen molar-refractivity contribution < 1.29 is 31.8 Å². The second-order valence-corrected chi connectivity index (χ2v) is 9.96. The van der Waals surface area contributed by atoms with Gasteiger partial charge in [0.2, 0.25) is 0 Å². The summed E-state index contributed by atoms with van der Waals surface area (Å²) in [6, 6.07) is 5.29. The molecular formula is C23H32F2N8O5S. The fraction of sp³-hybridized carbons (Fsp3) is 0.478. The molecule has 3 heterocycles. The van der Waals surface area contributed by atoms with Crippen LogP contribution < -0.4 is 15.2 Å². The summed E-state index contributed by atoms with van der Waals surface area (Å²) in [5.74, 6) is -1.49. The molecule has 1 saturated heterocycles. The van der Waals surface area contributed by atoms with E-state index in [1.165, 1.54) is 50.2 Å². The van der Waals surface area contributed by atoms with Gasteiger partial charge in [0, 0.05) is 6.54 Å². The molecule has 214 valence electrons. The van der Waals surface area contributed by atoms with Crippen LogP contribution >= 0.6 is 0 Å². The van der Waals surface area contributed by atoms with Gasteiger partial charge in [-0.15, -0.1) is 0 Å². The van der Waals surface area contributed by atoms with Crippen molar-refractivity contribution in [2.75, 3.05) is 31.9 Å². The van der Waals surface area contributed by atoms with Crippen LogP contribution in [-0.2, 0) is 14.9 Å². The average Bonchev–Trinajstić information content (AvgIpc) is 3.46. The van der Waals surface area contributed by atoms with E-state index >= 15 is 0 Å². The molecule has 0 aliphatic carbocycles. The highest BCUT2D eigenvalue weighted by molar-refractivity contribution is 7.88. The van der Waals surface area contributed by atoms with Crippen LogP contribution in [0.2, 0.25) is 0 Å². The Labute approximate surface area is 224 Å². The van der Waals surface area contributed by atoms with Gasteiger partial charge in [0.15, 0.2) is 30.0 Å². The SMILES string of the molecule is CCN(CC)CC.Nc1ncnc2c1ncn2[C@@H]1O[C@H](CNS(=O)(=O)NC(=O)c2ccccc2O)[C@H](F)[C@H]1F. The van der Waals surface area contributed by atoms with Gasteiger partial charge in [-0.2, -0.15) is 13.1 Å². The van der Waals surface area contributed by atoms with Crippen molar-refractivity contribution in [2.45, 2.75) is 45.4 Å². The summed E-state index contributed by atoms with van der Waals surface area (Å²) in [7, 11) is -4.47. The topological polar surface area (TPSA) is 178 Å². The largest absolute Gasteiger partial charge is 0.507 e. The van der Waals surface area contributed by atoms with Crippen molar-refractivity contribution in [3.8, 4) is 5.75 Å². The van der Waals surface area contributed by atoms with Crippen LogP contribution in [-0.4, -0.2) is 88.5 Å². The fourth-order valence-corrected chi connectivity index (χ4v) is 4.68. The molecular weight excluding hydrogens is 538 g/mol. The number of anilines is 1. The number of benzene rings is 1.